The van der Waals surface area contributed by atoms with Crippen molar-refractivity contribution in [3.63, 3.8) is 0 Å². The number of aromatic nitrogens is 1. The molecule has 0 aromatic carbocycles. The van der Waals surface area contributed by atoms with Gasteiger partial charge in [-0.2, -0.15) is 11.8 Å². The topological polar surface area (TPSA) is 42.0 Å². The number of hydrogen-bond donors (Lipinski definition) is 1. The summed E-state index contributed by atoms with van der Waals surface area (Å²) in [5.41, 5.74) is 0.443. The fourth-order valence-electron chi connectivity index (χ4n) is 1.21. The summed E-state index contributed by atoms with van der Waals surface area (Å²) >= 11 is 5.09. The van der Waals surface area contributed by atoms with Crippen molar-refractivity contribution in [1.82, 2.24) is 10.3 Å². The predicted octanol–water partition coefficient (Wildman–Crippen LogP) is 2.72. The van der Waals surface area contributed by atoms with Crippen LogP contribution in [0.4, 0.5) is 0 Å². The van der Waals surface area contributed by atoms with Crippen LogP contribution in [0.5, 0.6) is 0 Å². The lowest BCUT2D eigenvalue weighted by Crippen LogP contribution is -2.33. The van der Waals surface area contributed by atoms with Gasteiger partial charge in [0.25, 0.3) is 5.91 Å². The van der Waals surface area contributed by atoms with Gasteiger partial charge < -0.3 is 5.32 Å². The van der Waals surface area contributed by atoms with E-state index in [4.69, 9.17) is 0 Å². The van der Waals surface area contributed by atoms with Gasteiger partial charge >= 0.3 is 0 Å². The van der Waals surface area contributed by atoms with Crippen LogP contribution in [0.25, 0.3) is 0 Å². The van der Waals surface area contributed by atoms with E-state index in [0.29, 0.717) is 5.69 Å². The molecule has 1 heterocycles. The first-order valence-corrected chi connectivity index (χ1v) is 7.24. The number of nitrogens with one attached hydrogen (secondary N) is 1. The zero-order valence-electron chi connectivity index (χ0n) is 9.37. The third-order valence-electron chi connectivity index (χ3n) is 2.11. The SMILES string of the molecule is CSCCC(C)NC(=O)c1ncccc1Br. The molecular weight excluding hydrogens is 288 g/mol. The molecule has 5 heteroatoms. The predicted molar refractivity (Wildman–Crippen MR) is 71.9 cm³/mol. The van der Waals surface area contributed by atoms with E-state index in [1.807, 2.05) is 13.0 Å². The van der Waals surface area contributed by atoms with Gasteiger partial charge in [0.05, 0.1) is 0 Å². The molecule has 1 rings (SSSR count). The van der Waals surface area contributed by atoms with E-state index in [2.05, 4.69) is 32.5 Å². The lowest BCUT2D eigenvalue weighted by molar-refractivity contribution is 0.0933. The first-order chi connectivity index (χ1) is 7.65. The highest BCUT2D eigenvalue weighted by Crippen LogP contribution is 2.13. The third-order valence-corrected chi connectivity index (χ3v) is 3.39. The average Bonchev–Trinajstić information content (AvgIpc) is 2.26. The molecule has 0 saturated heterocycles. The highest BCUT2D eigenvalue weighted by atomic mass is 79.9. The Balaban J connectivity index is 2.56. The van der Waals surface area contributed by atoms with Crippen LogP contribution < -0.4 is 5.32 Å². The molecule has 88 valence electrons. The number of thioether (sulfide) groups is 1. The standard InChI is InChI=1S/C11H15BrN2OS/c1-8(5-7-16-2)14-11(15)10-9(12)4-3-6-13-10/h3-4,6,8H,5,7H2,1-2H3,(H,14,15). The van der Waals surface area contributed by atoms with Gasteiger partial charge in [-0.05, 0) is 53.4 Å². The Morgan fingerprint density at radius 3 is 3.06 bits per heavy atom. The van der Waals surface area contributed by atoms with E-state index in [1.54, 1.807) is 24.0 Å². The summed E-state index contributed by atoms with van der Waals surface area (Å²) in [5.74, 6) is 0.922. The first-order valence-electron chi connectivity index (χ1n) is 5.05. The summed E-state index contributed by atoms with van der Waals surface area (Å²) < 4.78 is 0.726. The van der Waals surface area contributed by atoms with Crippen molar-refractivity contribution in [1.29, 1.82) is 0 Å². The van der Waals surface area contributed by atoms with Crippen LogP contribution in [0.15, 0.2) is 22.8 Å². The lowest BCUT2D eigenvalue weighted by atomic mass is 10.2. The number of carbonyl (C=O) groups excluding carboxylic acids is 1. The minimum atomic E-state index is -0.124. The van der Waals surface area contributed by atoms with E-state index in [9.17, 15) is 4.79 Å². The smallest absolute Gasteiger partial charge is 0.271 e. The first kappa shape index (κ1) is 13.5. The van der Waals surface area contributed by atoms with Crippen molar-refractivity contribution in [2.24, 2.45) is 0 Å². The minimum Gasteiger partial charge on any atom is -0.348 e. The Kier molecular flexibility index (Phi) is 5.84. The second-order valence-electron chi connectivity index (χ2n) is 3.49. The van der Waals surface area contributed by atoms with Crippen LogP contribution in [0.1, 0.15) is 23.8 Å². The van der Waals surface area contributed by atoms with E-state index >= 15 is 0 Å². The van der Waals surface area contributed by atoms with Gasteiger partial charge in [0, 0.05) is 16.7 Å². The van der Waals surface area contributed by atoms with E-state index in [0.717, 1.165) is 16.6 Å². The van der Waals surface area contributed by atoms with Gasteiger partial charge in [0.1, 0.15) is 5.69 Å². The van der Waals surface area contributed by atoms with E-state index in [-0.39, 0.29) is 11.9 Å². The fraction of sp³-hybridized carbons (Fsp3) is 0.455. The molecule has 1 aromatic rings. The number of pyridine rings is 1. The van der Waals surface area contributed by atoms with Crippen molar-refractivity contribution < 1.29 is 4.79 Å². The maximum absolute atomic E-state index is 11.8. The Hall–Kier alpha value is -0.550. The molecule has 0 aliphatic heterocycles. The molecule has 0 aliphatic carbocycles. The molecule has 0 radical (unpaired) electrons. The highest BCUT2D eigenvalue weighted by molar-refractivity contribution is 9.10. The summed E-state index contributed by atoms with van der Waals surface area (Å²) in [4.78, 5) is 15.9. The van der Waals surface area contributed by atoms with Crippen molar-refractivity contribution in [2.75, 3.05) is 12.0 Å². The molecule has 0 saturated carbocycles. The number of hydrogen-bond acceptors (Lipinski definition) is 3. The molecule has 0 aliphatic rings. The number of halogens is 1. The van der Waals surface area contributed by atoms with Crippen LogP contribution in [-0.2, 0) is 0 Å². The Bertz CT molecular complexity index is 360. The molecule has 0 spiro atoms. The van der Waals surface area contributed by atoms with Crippen LogP contribution in [0.2, 0.25) is 0 Å². The molecule has 1 amide bonds. The van der Waals surface area contributed by atoms with Crippen molar-refractivity contribution in [3.05, 3.63) is 28.5 Å². The molecule has 1 unspecified atom stereocenters. The number of nitrogens with zero attached hydrogens (tertiary/aromatic N) is 1. The fourth-order valence-corrected chi connectivity index (χ4v) is 2.24. The third kappa shape index (κ3) is 4.14. The van der Waals surface area contributed by atoms with Crippen LogP contribution in [-0.4, -0.2) is 28.9 Å². The average molecular weight is 303 g/mol. The normalized spacial score (nSPS) is 12.2. The minimum absolute atomic E-state index is 0.124. The summed E-state index contributed by atoms with van der Waals surface area (Å²) in [6.45, 7) is 2.00. The van der Waals surface area contributed by atoms with E-state index < -0.39 is 0 Å². The summed E-state index contributed by atoms with van der Waals surface area (Å²) in [5, 5.41) is 2.93. The van der Waals surface area contributed by atoms with Gasteiger partial charge in [-0.25, -0.2) is 4.98 Å². The van der Waals surface area contributed by atoms with Crippen molar-refractivity contribution >= 4 is 33.6 Å². The number of carbonyl (C=O) groups is 1. The molecular formula is C11H15BrN2OS. The van der Waals surface area contributed by atoms with Crippen LogP contribution in [0.3, 0.4) is 0 Å². The second kappa shape index (κ2) is 6.91. The molecule has 1 aromatic heterocycles. The molecule has 1 atom stereocenters. The quantitative estimate of drug-likeness (QED) is 0.909. The largest absolute Gasteiger partial charge is 0.348 e. The maximum Gasteiger partial charge on any atom is 0.271 e. The molecule has 16 heavy (non-hydrogen) atoms. The van der Waals surface area contributed by atoms with Gasteiger partial charge in [-0.1, -0.05) is 0 Å². The zero-order valence-corrected chi connectivity index (χ0v) is 11.8. The van der Waals surface area contributed by atoms with Crippen molar-refractivity contribution in [2.45, 2.75) is 19.4 Å². The monoisotopic (exact) mass is 302 g/mol. The zero-order chi connectivity index (χ0) is 12.0. The van der Waals surface area contributed by atoms with Gasteiger partial charge in [0.2, 0.25) is 0 Å². The molecule has 3 nitrogen and oxygen atoms in total. The number of rotatable bonds is 5. The van der Waals surface area contributed by atoms with Gasteiger partial charge in [-0.3, -0.25) is 4.79 Å². The molecule has 1 N–H and O–H groups in total. The summed E-state index contributed by atoms with van der Waals surface area (Å²) in [7, 11) is 0. The molecule has 0 fully saturated rings. The summed E-state index contributed by atoms with van der Waals surface area (Å²) in [6, 6.07) is 3.78. The number of amides is 1. The maximum atomic E-state index is 11.8. The summed E-state index contributed by atoms with van der Waals surface area (Å²) in [6.07, 6.45) is 4.65. The Morgan fingerprint density at radius 2 is 2.44 bits per heavy atom. The Morgan fingerprint density at radius 1 is 1.69 bits per heavy atom. The lowest BCUT2D eigenvalue weighted by Gasteiger charge is -2.13. The Labute approximate surface area is 109 Å². The highest BCUT2D eigenvalue weighted by Gasteiger charge is 2.13. The van der Waals surface area contributed by atoms with Crippen LogP contribution >= 0.6 is 27.7 Å². The van der Waals surface area contributed by atoms with Gasteiger partial charge in [0.15, 0.2) is 0 Å². The second-order valence-corrected chi connectivity index (χ2v) is 5.33. The van der Waals surface area contributed by atoms with Gasteiger partial charge in [-0.15, -0.1) is 0 Å². The van der Waals surface area contributed by atoms with E-state index in [1.165, 1.54) is 0 Å². The van der Waals surface area contributed by atoms with Crippen LogP contribution in [0, 0.1) is 0 Å². The molecule has 0 bridgehead atoms. The van der Waals surface area contributed by atoms with Crippen molar-refractivity contribution in [3.8, 4) is 0 Å².